The molecular formula is C24H26N4O3S. The van der Waals surface area contributed by atoms with E-state index in [1.807, 2.05) is 24.3 Å². The molecule has 0 bridgehead atoms. The average Bonchev–Trinajstić information content (AvgIpc) is 3.43. The van der Waals surface area contributed by atoms with Crippen LogP contribution in [0.1, 0.15) is 30.7 Å². The molecule has 0 radical (unpaired) electrons. The molecule has 0 amide bonds. The minimum atomic E-state index is -0.356. The molecule has 0 spiro atoms. The zero-order chi connectivity index (χ0) is 22.1. The Labute approximate surface area is 189 Å². The third-order valence-corrected chi connectivity index (χ3v) is 7.45. The molecule has 32 heavy (non-hydrogen) atoms. The molecular weight excluding hydrogens is 424 g/mol. The van der Waals surface area contributed by atoms with E-state index in [9.17, 15) is 9.59 Å². The maximum Gasteiger partial charge on any atom is 0.328 e. The lowest BCUT2D eigenvalue weighted by Crippen LogP contribution is -2.34. The summed E-state index contributed by atoms with van der Waals surface area (Å²) in [5.74, 6) is 1.45. The number of fused-ring (bicyclic) bond motifs is 3. The van der Waals surface area contributed by atoms with E-state index in [0.717, 1.165) is 49.3 Å². The Bertz CT molecular complexity index is 1370. The number of H-pyrrole nitrogens is 1. The lowest BCUT2D eigenvalue weighted by atomic mass is 9.97. The lowest BCUT2D eigenvalue weighted by Gasteiger charge is -2.17. The quantitative estimate of drug-likeness (QED) is 0.436. The second-order valence-electron chi connectivity index (χ2n) is 8.28. The van der Waals surface area contributed by atoms with Crippen LogP contribution >= 0.6 is 11.3 Å². The van der Waals surface area contributed by atoms with Crippen molar-refractivity contribution in [1.29, 1.82) is 0 Å². The Morgan fingerprint density at radius 2 is 2.00 bits per heavy atom. The number of para-hydroxylation sites is 1. The standard InChI is InChI=1S/C24H26N4O3S/c1-31-18-8-3-2-7-17(18)16-10-14-27(15-16)12-4-5-13-28-23(29)22-21(26-24(28)30)20-19(32-22)9-6-11-25-20/h2-3,6-9,11,16H,4-5,10,12-15H2,1H3,(H,26,30). The van der Waals surface area contributed by atoms with E-state index in [1.165, 1.54) is 21.5 Å². The predicted molar refractivity (Wildman–Crippen MR) is 128 cm³/mol. The summed E-state index contributed by atoms with van der Waals surface area (Å²) in [7, 11) is 1.72. The van der Waals surface area contributed by atoms with Gasteiger partial charge < -0.3 is 14.6 Å². The topological polar surface area (TPSA) is 80.2 Å². The normalized spacial score (nSPS) is 16.8. The number of rotatable bonds is 7. The molecule has 7 nitrogen and oxygen atoms in total. The monoisotopic (exact) mass is 450 g/mol. The van der Waals surface area contributed by atoms with Gasteiger partial charge in [0.05, 0.1) is 17.3 Å². The summed E-state index contributed by atoms with van der Waals surface area (Å²) in [6.07, 6.45) is 4.52. The van der Waals surface area contributed by atoms with Gasteiger partial charge in [0.25, 0.3) is 5.56 Å². The van der Waals surface area contributed by atoms with Crippen molar-refractivity contribution in [3.05, 3.63) is 69.0 Å². The molecule has 0 aliphatic carbocycles. The van der Waals surface area contributed by atoms with Crippen molar-refractivity contribution in [2.75, 3.05) is 26.7 Å². The highest BCUT2D eigenvalue weighted by Crippen LogP contribution is 2.33. The molecule has 8 heteroatoms. The molecule has 1 aromatic carbocycles. The molecule has 4 heterocycles. The van der Waals surface area contributed by atoms with Crippen LogP contribution in [0.3, 0.4) is 0 Å². The Kier molecular flexibility index (Phi) is 5.80. The van der Waals surface area contributed by atoms with E-state index < -0.39 is 0 Å². The van der Waals surface area contributed by atoms with Crippen molar-refractivity contribution in [3.63, 3.8) is 0 Å². The number of nitrogens with one attached hydrogen (secondary N) is 1. The predicted octanol–water partition coefficient (Wildman–Crippen LogP) is 3.58. The smallest absolute Gasteiger partial charge is 0.328 e. The van der Waals surface area contributed by atoms with E-state index in [-0.39, 0.29) is 11.2 Å². The molecule has 1 aliphatic heterocycles. The van der Waals surface area contributed by atoms with Gasteiger partial charge in [-0.15, -0.1) is 11.3 Å². The van der Waals surface area contributed by atoms with Gasteiger partial charge in [0.1, 0.15) is 16.0 Å². The SMILES string of the molecule is COc1ccccc1C1CCN(CCCCn2c(=O)[nH]c3c(sc4cccnc43)c2=O)C1. The Morgan fingerprint density at radius 3 is 2.88 bits per heavy atom. The number of ether oxygens (including phenoxy) is 1. The van der Waals surface area contributed by atoms with Gasteiger partial charge in [0, 0.05) is 25.2 Å². The first-order valence-corrected chi connectivity index (χ1v) is 11.8. The van der Waals surface area contributed by atoms with Gasteiger partial charge in [-0.05, 0) is 56.1 Å². The first kappa shape index (κ1) is 20.9. The summed E-state index contributed by atoms with van der Waals surface area (Å²) in [6.45, 7) is 3.47. The number of aromatic nitrogens is 3. The summed E-state index contributed by atoms with van der Waals surface area (Å²) in [5, 5.41) is 0. The summed E-state index contributed by atoms with van der Waals surface area (Å²) < 4.78 is 8.33. The maximum atomic E-state index is 12.9. The molecule has 1 fully saturated rings. The zero-order valence-corrected chi connectivity index (χ0v) is 18.9. The summed E-state index contributed by atoms with van der Waals surface area (Å²) in [6, 6.07) is 12.0. The van der Waals surface area contributed by atoms with Crippen molar-refractivity contribution in [2.24, 2.45) is 0 Å². The highest BCUT2D eigenvalue weighted by atomic mass is 32.1. The van der Waals surface area contributed by atoms with Crippen molar-refractivity contribution in [1.82, 2.24) is 19.4 Å². The minimum absolute atomic E-state index is 0.218. The van der Waals surface area contributed by atoms with Crippen LogP contribution in [0.15, 0.2) is 52.2 Å². The number of likely N-dealkylation sites (tertiary alicyclic amines) is 1. The fourth-order valence-corrected chi connectivity index (χ4v) is 5.75. The van der Waals surface area contributed by atoms with Crippen LogP contribution < -0.4 is 16.0 Å². The molecule has 1 saturated heterocycles. The highest BCUT2D eigenvalue weighted by molar-refractivity contribution is 7.25. The number of methoxy groups -OCH3 is 1. The third-order valence-electron chi connectivity index (χ3n) is 6.32. The largest absolute Gasteiger partial charge is 0.496 e. The van der Waals surface area contributed by atoms with Crippen LogP contribution in [0.4, 0.5) is 0 Å². The van der Waals surface area contributed by atoms with Crippen LogP contribution in [0.5, 0.6) is 5.75 Å². The van der Waals surface area contributed by atoms with Crippen LogP contribution in [0.25, 0.3) is 20.4 Å². The number of unbranched alkanes of at least 4 members (excludes halogenated alkanes) is 1. The molecule has 1 aliphatic rings. The second kappa shape index (κ2) is 8.88. The summed E-state index contributed by atoms with van der Waals surface area (Å²) in [5.41, 5.74) is 1.94. The number of nitrogens with zero attached hydrogens (tertiary/aromatic N) is 3. The van der Waals surface area contributed by atoms with Crippen LogP contribution in [0.2, 0.25) is 0 Å². The van der Waals surface area contributed by atoms with Crippen molar-refractivity contribution < 1.29 is 4.74 Å². The van der Waals surface area contributed by atoms with Crippen molar-refractivity contribution in [2.45, 2.75) is 31.7 Å². The third kappa shape index (κ3) is 3.84. The Balaban J connectivity index is 1.21. The first-order valence-electron chi connectivity index (χ1n) is 11.0. The molecule has 0 saturated carbocycles. The number of hydrogen-bond donors (Lipinski definition) is 1. The Hall–Kier alpha value is -2.97. The van der Waals surface area contributed by atoms with Gasteiger partial charge in [0.2, 0.25) is 0 Å². The number of benzene rings is 1. The van der Waals surface area contributed by atoms with E-state index in [1.54, 1.807) is 13.3 Å². The number of pyridine rings is 1. The summed E-state index contributed by atoms with van der Waals surface area (Å²) in [4.78, 5) is 35.2. The second-order valence-corrected chi connectivity index (χ2v) is 9.33. The number of hydrogen-bond acceptors (Lipinski definition) is 6. The molecule has 5 rings (SSSR count). The lowest BCUT2D eigenvalue weighted by molar-refractivity contribution is 0.320. The van der Waals surface area contributed by atoms with Gasteiger partial charge in [-0.1, -0.05) is 18.2 Å². The molecule has 166 valence electrons. The molecule has 1 atom stereocenters. The van der Waals surface area contributed by atoms with E-state index in [4.69, 9.17) is 4.74 Å². The first-order chi connectivity index (χ1) is 15.7. The molecule has 1 unspecified atom stereocenters. The summed E-state index contributed by atoms with van der Waals surface area (Å²) >= 11 is 1.39. The van der Waals surface area contributed by atoms with Crippen molar-refractivity contribution in [3.8, 4) is 5.75 Å². The molecule has 4 aromatic rings. The number of thiophene rings is 1. The van der Waals surface area contributed by atoms with Crippen molar-refractivity contribution >= 4 is 31.8 Å². The number of aromatic amines is 1. The van der Waals surface area contributed by atoms with Gasteiger partial charge >= 0.3 is 5.69 Å². The van der Waals surface area contributed by atoms with Gasteiger partial charge in [-0.3, -0.25) is 14.3 Å². The highest BCUT2D eigenvalue weighted by Gasteiger charge is 2.25. The van der Waals surface area contributed by atoms with E-state index in [0.29, 0.717) is 28.2 Å². The zero-order valence-electron chi connectivity index (χ0n) is 18.0. The fourth-order valence-electron chi connectivity index (χ4n) is 4.69. The van der Waals surface area contributed by atoms with E-state index in [2.05, 4.69) is 27.0 Å². The minimum Gasteiger partial charge on any atom is -0.496 e. The van der Waals surface area contributed by atoms with Crippen LogP contribution in [0, 0.1) is 0 Å². The van der Waals surface area contributed by atoms with Gasteiger partial charge in [-0.25, -0.2) is 4.79 Å². The van der Waals surface area contributed by atoms with Gasteiger partial charge in [0.15, 0.2) is 0 Å². The van der Waals surface area contributed by atoms with Gasteiger partial charge in [-0.2, -0.15) is 0 Å². The fraction of sp³-hybridized carbons (Fsp3) is 0.375. The average molecular weight is 451 g/mol. The van der Waals surface area contributed by atoms with Crippen LogP contribution in [-0.4, -0.2) is 46.2 Å². The maximum absolute atomic E-state index is 12.9. The molecule has 1 N–H and O–H groups in total. The van der Waals surface area contributed by atoms with Crippen LogP contribution in [-0.2, 0) is 6.54 Å². The van der Waals surface area contributed by atoms with E-state index >= 15 is 0 Å². The molecule has 3 aromatic heterocycles. The Morgan fingerprint density at radius 1 is 1.16 bits per heavy atom.